The van der Waals surface area contributed by atoms with Crippen molar-refractivity contribution in [1.29, 1.82) is 0 Å². The summed E-state index contributed by atoms with van der Waals surface area (Å²) in [5, 5.41) is 39.0. The SMILES string of the molecule is CN(CCCOc1ccc(CCNC[C@H](O)c2ccc(O)c3[nH]c(=O)ccc23)cc1)[C@H]1CC[C@H](OC(C(=O)O)(c2cccs2)c2cccs2)CC1. The van der Waals surface area contributed by atoms with Crippen molar-refractivity contribution in [1.82, 2.24) is 15.2 Å². The number of nitrogens with one attached hydrogen (secondary N) is 2. The van der Waals surface area contributed by atoms with E-state index in [2.05, 4.69) is 34.4 Å². The number of ether oxygens (including phenoxy) is 2. The Morgan fingerprint density at radius 3 is 2.35 bits per heavy atom. The third-order valence-electron chi connectivity index (χ3n) is 9.69. The van der Waals surface area contributed by atoms with Gasteiger partial charge in [0.2, 0.25) is 11.2 Å². The second kappa shape index (κ2) is 17.0. The summed E-state index contributed by atoms with van der Waals surface area (Å²) in [7, 11) is 2.15. The van der Waals surface area contributed by atoms with Gasteiger partial charge in [0.1, 0.15) is 11.5 Å². The molecule has 0 spiro atoms. The molecule has 10 nitrogen and oxygen atoms in total. The van der Waals surface area contributed by atoms with E-state index in [1.807, 2.05) is 47.2 Å². The van der Waals surface area contributed by atoms with E-state index < -0.39 is 17.7 Å². The number of thiophene rings is 2. The number of aliphatic hydroxyl groups is 1. The van der Waals surface area contributed by atoms with Crippen molar-refractivity contribution in [3.05, 3.63) is 115 Å². The van der Waals surface area contributed by atoms with E-state index in [4.69, 9.17) is 9.47 Å². The Balaban J connectivity index is 0.888. The normalized spacial score (nSPS) is 17.2. The number of phenolic OH excluding ortho intramolecular Hbond substituents is 1. The number of aromatic amines is 1. The van der Waals surface area contributed by atoms with Crippen molar-refractivity contribution in [2.45, 2.75) is 62.4 Å². The summed E-state index contributed by atoms with van der Waals surface area (Å²) in [5.41, 5.74) is 0.349. The highest BCUT2D eigenvalue weighted by atomic mass is 32.1. The summed E-state index contributed by atoms with van der Waals surface area (Å²) in [5.74, 6) is -0.162. The molecule has 0 amide bonds. The van der Waals surface area contributed by atoms with E-state index in [-0.39, 0.29) is 17.4 Å². The first-order chi connectivity index (χ1) is 24.7. The first kappa shape index (κ1) is 36.7. The fourth-order valence-corrected chi connectivity index (χ4v) is 8.69. The Hall–Kier alpha value is -4.04. The molecule has 1 aliphatic carbocycles. The zero-order valence-electron chi connectivity index (χ0n) is 28.6. The van der Waals surface area contributed by atoms with Crippen LogP contribution in [0.5, 0.6) is 11.5 Å². The number of nitrogens with zero attached hydrogens (tertiary/aromatic N) is 1. The number of carboxylic acids is 1. The zero-order chi connectivity index (χ0) is 35.8. The van der Waals surface area contributed by atoms with Crippen LogP contribution < -0.4 is 15.6 Å². The highest BCUT2D eigenvalue weighted by molar-refractivity contribution is 7.12. The number of H-pyrrole nitrogens is 1. The molecule has 0 radical (unpaired) electrons. The number of benzene rings is 2. The van der Waals surface area contributed by atoms with Crippen molar-refractivity contribution >= 4 is 39.5 Å². The largest absolute Gasteiger partial charge is 0.506 e. The molecule has 1 aliphatic rings. The lowest BCUT2D eigenvalue weighted by Gasteiger charge is -2.38. The van der Waals surface area contributed by atoms with Crippen molar-refractivity contribution in [3.63, 3.8) is 0 Å². The number of pyridine rings is 1. The quantitative estimate of drug-likeness (QED) is 0.0699. The molecule has 2 aromatic carbocycles. The number of aliphatic carboxylic acids is 1. The molecule has 0 bridgehead atoms. The number of aromatic hydroxyl groups is 1. The predicted molar refractivity (Wildman–Crippen MR) is 201 cm³/mol. The van der Waals surface area contributed by atoms with E-state index in [9.17, 15) is 24.9 Å². The van der Waals surface area contributed by atoms with Gasteiger partial charge >= 0.3 is 5.97 Å². The van der Waals surface area contributed by atoms with Gasteiger partial charge in [-0.15, -0.1) is 22.7 Å². The maximum atomic E-state index is 12.7. The van der Waals surface area contributed by atoms with E-state index >= 15 is 0 Å². The third kappa shape index (κ3) is 8.71. The molecule has 1 atom stereocenters. The fraction of sp³-hybridized carbons (Fsp3) is 0.385. The van der Waals surface area contributed by atoms with E-state index in [0.717, 1.165) is 56.4 Å². The number of aromatic nitrogens is 1. The Morgan fingerprint density at radius 2 is 1.71 bits per heavy atom. The molecule has 1 fully saturated rings. The monoisotopic (exact) mass is 731 g/mol. The molecule has 270 valence electrons. The molecule has 0 saturated heterocycles. The first-order valence-corrected chi connectivity index (χ1v) is 19.2. The van der Waals surface area contributed by atoms with Crippen LogP contribution in [0.3, 0.4) is 0 Å². The van der Waals surface area contributed by atoms with Crippen molar-refractivity contribution in [2.75, 3.05) is 33.3 Å². The van der Waals surface area contributed by atoms with Gasteiger partial charge in [0, 0.05) is 30.6 Å². The number of carbonyl (C=O) groups is 1. The second-order valence-corrected chi connectivity index (χ2v) is 15.0. The van der Waals surface area contributed by atoms with Gasteiger partial charge in [-0.05, 0) is 110 Å². The molecule has 3 heterocycles. The van der Waals surface area contributed by atoms with E-state index in [0.29, 0.717) is 52.0 Å². The number of phenols is 1. The maximum Gasteiger partial charge on any atom is 0.347 e. The first-order valence-electron chi connectivity index (χ1n) is 17.4. The van der Waals surface area contributed by atoms with Crippen LogP contribution in [0.1, 0.15) is 59.1 Å². The van der Waals surface area contributed by atoms with E-state index in [1.165, 1.54) is 34.8 Å². The van der Waals surface area contributed by atoms with Crippen LogP contribution in [-0.4, -0.2) is 76.6 Å². The van der Waals surface area contributed by atoms with Crippen LogP contribution in [0.25, 0.3) is 10.9 Å². The van der Waals surface area contributed by atoms with E-state index in [1.54, 1.807) is 12.1 Å². The molecule has 0 unspecified atom stereocenters. The smallest absolute Gasteiger partial charge is 0.347 e. The predicted octanol–water partition coefficient (Wildman–Crippen LogP) is 6.28. The van der Waals surface area contributed by atoms with Crippen molar-refractivity contribution in [3.8, 4) is 11.5 Å². The van der Waals surface area contributed by atoms with Gasteiger partial charge in [-0.2, -0.15) is 0 Å². The molecule has 51 heavy (non-hydrogen) atoms. The molecule has 5 aromatic rings. The molecule has 6 rings (SSSR count). The number of carboxylic acid groups (broad SMARTS) is 1. The van der Waals surface area contributed by atoms with Gasteiger partial charge in [-0.25, -0.2) is 4.79 Å². The summed E-state index contributed by atoms with van der Waals surface area (Å²) in [6.45, 7) is 2.53. The number of hydrogen-bond acceptors (Lipinski definition) is 10. The Bertz CT molecular complexity index is 1870. The topological polar surface area (TPSA) is 144 Å². The Labute approximate surface area is 305 Å². The Kier molecular flexibility index (Phi) is 12.2. The van der Waals surface area contributed by atoms with Gasteiger partial charge < -0.3 is 40.0 Å². The highest BCUT2D eigenvalue weighted by Crippen LogP contribution is 2.42. The van der Waals surface area contributed by atoms with Crippen LogP contribution in [-0.2, 0) is 21.6 Å². The second-order valence-electron chi connectivity index (χ2n) is 13.1. The lowest BCUT2D eigenvalue weighted by molar-refractivity contribution is -0.170. The number of rotatable bonds is 17. The molecule has 1 saturated carbocycles. The summed E-state index contributed by atoms with van der Waals surface area (Å²) in [6, 6.07) is 22.1. The average molecular weight is 732 g/mol. The lowest BCUT2D eigenvalue weighted by atomic mass is 9.90. The Morgan fingerprint density at radius 1 is 1.00 bits per heavy atom. The summed E-state index contributed by atoms with van der Waals surface area (Å²) >= 11 is 2.85. The molecule has 5 N–H and O–H groups in total. The standard InChI is InChI=1S/C39H45N3O7S2/c1-42(27-9-13-29(14-10-27)49-39(38(46)47,34-5-2-23-50-34)35-6-3-24-51-35)21-4-22-48-28-11-7-26(8-12-28)19-20-40-25-33(44)30-15-17-32(43)37-31(30)16-18-36(45)41-37/h2-3,5-8,11-12,15-18,23-24,27,29,33,40,43-44H,4,9-10,13-14,19-22,25H2,1H3,(H,41,45)(H,46,47)/t27-,29-,33-/m0/s1. The molecule has 12 heteroatoms. The third-order valence-corrected chi connectivity index (χ3v) is 11.6. The summed E-state index contributed by atoms with van der Waals surface area (Å²) < 4.78 is 12.6. The van der Waals surface area contributed by atoms with Crippen molar-refractivity contribution in [2.24, 2.45) is 0 Å². The summed E-state index contributed by atoms with van der Waals surface area (Å²) in [4.78, 5) is 30.8. The van der Waals surface area contributed by atoms with Crippen LogP contribution >= 0.6 is 22.7 Å². The van der Waals surface area contributed by atoms with Crippen LogP contribution in [0.4, 0.5) is 0 Å². The molecule has 3 aromatic heterocycles. The lowest BCUT2D eigenvalue weighted by Crippen LogP contribution is -2.44. The average Bonchev–Trinajstić information content (AvgIpc) is 3.88. The highest BCUT2D eigenvalue weighted by Gasteiger charge is 2.48. The van der Waals surface area contributed by atoms with Gasteiger partial charge in [0.05, 0.1) is 34.1 Å². The van der Waals surface area contributed by atoms with Crippen LogP contribution in [0.15, 0.2) is 88.4 Å². The fourth-order valence-electron chi connectivity index (χ4n) is 6.88. The molecule has 0 aliphatic heterocycles. The molecular weight excluding hydrogens is 687 g/mol. The van der Waals surface area contributed by atoms with Gasteiger partial charge in [0.15, 0.2) is 0 Å². The van der Waals surface area contributed by atoms with Gasteiger partial charge in [0.25, 0.3) is 0 Å². The minimum atomic E-state index is -1.46. The van der Waals surface area contributed by atoms with Gasteiger partial charge in [-0.1, -0.05) is 30.3 Å². The number of fused-ring (bicyclic) bond motifs is 1. The number of aliphatic hydroxyl groups excluding tert-OH is 1. The van der Waals surface area contributed by atoms with Crippen LogP contribution in [0.2, 0.25) is 0 Å². The zero-order valence-corrected chi connectivity index (χ0v) is 30.3. The van der Waals surface area contributed by atoms with Crippen molar-refractivity contribution < 1.29 is 29.6 Å². The maximum absolute atomic E-state index is 12.7. The summed E-state index contributed by atoms with van der Waals surface area (Å²) in [6.07, 6.45) is 4.31. The van der Waals surface area contributed by atoms with Gasteiger partial charge in [-0.3, -0.25) is 4.79 Å². The van der Waals surface area contributed by atoms with Crippen LogP contribution in [0, 0.1) is 0 Å². The molecular formula is C39H45N3O7S2. The minimum absolute atomic E-state index is 0.0285. The minimum Gasteiger partial charge on any atom is -0.506 e. The number of hydrogen-bond donors (Lipinski definition) is 5.